The van der Waals surface area contributed by atoms with E-state index in [1.54, 1.807) is 23.1 Å². The Kier molecular flexibility index (Phi) is 3.86. The second-order valence-corrected chi connectivity index (χ2v) is 6.46. The largest absolute Gasteiger partial charge is 0.292 e. The number of thiophene rings is 1. The van der Waals surface area contributed by atoms with Gasteiger partial charge in [-0.05, 0) is 17.4 Å². The molecule has 0 amide bonds. The number of fused-ring (bicyclic) bond motifs is 1. The van der Waals surface area contributed by atoms with Crippen molar-refractivity contribution in [3.05, 3.63) is 11.4 Å². The van der Waals surface area contributed by atoms with Crippen LogP contribution in [-0.2, 0) is 0 Å². The van der Waals surface area contributed by atoms with E-state index in [1.165, 1.54) is 0 Å². The molecule has 2 rings (SSSR count). The summed E-state index contributed by atoms with van der Waals surface area (Å²) in [6.07, 6.45) is 0. The van der Waals surface area contributed by atoms with Crippen molar-refractivity contribution in [3.63, 3.8) is 0 Å². The Balaban J connectivity index is 2.40. The summed E-state index contributed by atoms with van der Waals surface area (Å²) in [4.78, 5) is 9.74. The van der Waals surface area contributed by atoms with E-state index in [0.29, 0.717) is 17.1 Å². The predicted molar refractivity (Wildman–Crippen MR) is 75.4 cm³/mol. The fourth-order valence-corrected chi connectivity index (χ4v) is 3.18. The molecule has 3 N–H and O–H groups in total. The van der Waals surface area contributed by atoms with Crippen LogP contribution in [0.2, 0.25) is 0 Å². The summed E-state index contributed by atoms with van der Waals surface area (Å²) in [5.41, 5.74) is 2.52. The van der Waals surface area contributed by atoms with Crippen LogP contribution in [-0.4, -0.2) is 15.2 Å². The van der Waals surface area contributed by atoms with E-state index in [4.69, 9.17) is 5.84 Å². The van der Waals surface area contributed by atoms with Gasteiger partial charge in [0, 0.05) is 10.6 Å². The van der Waals surface area contributed by atoms with Crippen molar-refractivity contribution in [2.45, 2.75) is 31.0 Å². The van der Waals surface area contributed by atoms with Gasteiger partial charge in [0.1, 0.15) is 9.86 Å². The van der Waals surface area contributed by atoms with E-state index in [9.17, 15) is 0 Å². The normalized spacial score (nSPS) is 13.2. The highest BCUT2D eigenvalue weighted by Crippen LogP contribution is 2.33. The number of hydrazine groups is 1. The number of nitrogens with zero attached hydrogens (tertiary/aromatic N) is 2. The Morgan fingerprint density at radius 3 is 2.76 bits per heavy atom. The Morgan fingerprint density at radius 2 is 2.12 bits per heavy atom. The average Bonchev–Trinajstić information content (AvgIpc) is 2.76. The minimum Gasteiger partial charge on any atom is -0.292 e. The average molecular weight is 268 g/mol. The fourth-order valence-electron chi connectivity index (χ4n) is 1.29. The minimum absolute atomic E-state index is 0.485. The van der Waals surface area contributed by atoms with Crippen molar-refractivity contribution in [3.8, 4) is 0 Å². The zero-order valence-corrected chi connectivity index (χ0v) is 11.7. The van der Waals surface area contributed by atoms with Crippen LogP contribution >= 0.6 is 23.1 Å². The van der Waals surface area contributed by atoms with Gasteiger partial charge in [-0.2, -0.15) is 0 Å². The van der Waals surface area contributed by atoms with Gasteiger partial charge in [0.15, 0.2) is 0 Å². The summed E-state index contributed by atoms with van der Waals surface area (Å²) >= 11 is 3.38. The first-order valence-electron chi connectivity index (χ1n) is 5.50. The van der Waals surface area contributed by atoms with Gasteiger partial charge in [0.25, 0.3) is 0 Å². The molecule has 6 heteroatoms. The number of nitrogens with two attached hydrogens (primary N) is 1. The monoisotopic (exact) mass is 268 g/mol. The Morgan fingerprint density at radius 1 is 1.35 bits per heavy atom. The van der Waals surface area contributed by atoms with Crippen molar-refractivity contribution >= 4 is 39.3 Å². The van der Waals surface area contributed by atoms with E-state index >= 15 is 0 Å². The highest BCUT2D eigenvalue weighted by Gasteiger charge is 2.14. The lowest BCUT2D eigenvalue weighted by Crippen LogP contribution is -2.11. The summed E-state index contributed by atoms with van der Waals surface area (Å²) in [5, 5.41) is 4.67. The zero-order chi connectivity index (χ0) is 12.4. The standard InChI is InChI=1S/C11H16N4S2/c1-6(2)7(3)17-10-8-4-5-16-9(8)13-11(14-10)15-12/h4-7H,12H2,1-3H3,(H,13,14,15). The van der Waals surface area contributed by atoms with Gasteiger partial charge in [0.2, 0.25) is 5.95 Å². The third-order valence-corrected chi connectivity index (χ3v) is 4.91. The summed E-state index contributed by atoms with van der Waals surface area (Å²) in [5.74, 6) is 6.48. The number of anilines is 1. The predicted octanol–water partition coefficient (Wildman–Crippen LogP) is 3.11. The number of aromatic nitrogens is 2. The van der Waals surface area contributed by atoms with E-state index < -0.39 is 0 Å². The molecule has 4 nitrogen and oxygen atoms in total. The molecule has 0 aromatic carbocycles. The van der Waals surface area contributed by atoms with Crippen LogP contribution in [0.5, 0.6) is 0 Å². The third kappa shape index (κ3) is 2.70. The Labute approximate surface area is 109 Å². The van der Waals surface area contributed by atoms with Crippen LogP contribution in [0.1, 0.15) is 20.8 Å². The number of hydrogen-bond acceptors (Lipinski definition) is 6. The molecule has 92 valence electrons. The molecule has 2 aromatic rings. The number of nitrogens with one attached hydrogen (secondary N) is 1. The molecule has 17 heavy (non-hydrogen) atoms. The lowest BCUT2D eigenvalue weighted by Gasteiger charge is -2.15. The highest BCUT2D eigenvalue weighted by molar-refractivity contribution is 8.00. The Hall–Kier alpha value is -0.850. The first-order valence-corrected chi connectivity index (χ1v) is 7.26. The number of thioether (sulfide) groups is 1. The van der Waals surface area contributed by atoms with Crippen molar-refractivity contribution in [1.29, 1.82) is 0 Å². The van der Waals surface area contributed by atoms with Crippen molar-refractivity contribution in [1.82, 2.24) is 9.97 Å². The van der Waals surface area contributed by atoms with Gasteiger partial charge in [0.05, 0.1) is 0 Å². The molecule has 0 aliphatic carbocycles. The van der Waals surface area contributed by atoms with Gasteiger partial charge in [-0.3, -0.25) is 5.43 Å². The van der Waals surface area contributed by atoms with Gasteiger partial charge in [-0.1, -0.05) is 20.8 Å². The molecule has 0 fully saturated rings. The highest BCUT2D eigenvalue weighted by atomic mass is 32.2. The van der Waals surface area contributed by atoms with E-state index in [-0.39, 0.29) is 0 Å². The molecule has 0 aliphatic heterocycles. The summed E-state index contributed by atoms with van der Waals surface area (Å²) in [6.45, 7) is 6.64. The maximum absolute atomic E-state index is 5.39. The molecule has 0 bridgehead atoms. The molecule has 1 unspecified atom stereocenters. The van der Waals surface area contributed by atoms with Gasteiger partial charge >= 0.3 is 0 Å². The number of rotatable bonds is 4. The lowest BCUT2D eigenvalue weighted by atomic mass is 10.2. The van der Waals surface area contributed by atoms with Crippen LogP contribution in [0.3, 0.4) is 0 Å². The molecular weight excluding hydrogens is 252 g/mol. The SMILES string of the molecule is CC(C)C(C)Sc1nc(NN)nc2sccc12. The summed E-state index contributed by atoms with van der Waals surface area (Å²) in [7, 11) is 0. The summed E-state index contributed by atoms with van der Waals surface area (Å²) in [6, 6.07) is 2.07. The van der Waals surface area contributed by atoms with E-state index in [2.05, 4.69) is 42.2 Å². The van der Waals surface area contributed by atoms with Crippen molar-refractivity contribution in [2.24, 2.45) is 11.8 Å². The van der Waals surface area contributed by atoms with Crippen LogP contribution < -0.4 is 11.3 Å². The Bertz CT molecular complexity index is 509. The second kappa shape index (κ2) is 5.20. The molecular formula is C11H16N4S2. The van der Waals surface area contributed by atoms with Crippen molar-refractivity contribution < 1.29 is 0 Å². The van der Waals surface area contributed by atoms with E-state index in [0.717, 1.165) is 15.2 Å². The van der Waals surface area contributed by atoms with E-state index in [1.807, 2.05) is 5.38 Å². The number of nitrogen functional groups attached to an aromatic ring is 1. The maximum Gasteiger partial charge on any atom is 0.239 e. The van der Waals surface area contributed by atoms with Crippen LogP contribution in [0.4, 0.5) is 5.95 Å². The first-order chi connectivity index (χ1) is 8.11. The quantitative estimate of drug-likeness (QED) is 0.386. The molecule has 2 heterocycles. The topological polar surface area (TPSA) is 63.8 Å². The van der Waals surface area contributed by atoms with Gasteiger partial charge < -0.3 is 0 Å². The maximum atomic E-state index is 5.39. The molecule has 0 spiro atoms. The molecule has 2 aromatic heterocycles. The second-order valence-electron chi connectivity index (χ2n) is 4.20. The van der Waals surface area contributed by atoms with Crippen LogP contribution in [0, 0.1) is 5.92 Å². The first kappa shape index (κ1) is 12.6. The lowest BCUT2D eigenvalue weighted by molar-refractivity contribution is 0.642. The smallest absolute Gasteiger partial charge is 0.239 e. The molecule has 0 saturated carbocycles. The number of hydrogen-bond donors (Lipinski definition) is 2. The third-order valence-electron chi connectivity index (χ3n) is 2.66. The van der Waals surface area contributed by atoms with Crippen LogP contribution in [0.15, 0.2) is 16.5 Å². The molecule has 1 atom stereocenters. The zero-order valence-electron chi connectivity index (χ0n) is 10.1. The summed E-state index contributed by atoms with van der Waals surface area (Å²) < 4.78 is 0. The minimum atomic E-state index is 0.485. The molecule has 0 aliphatic rings. The van der Waals surface area contributed by atoms with Crippen molar-refractivity contribution in [2.75, 3.05) is 5.43 Å². The molecule has 0 radical (unpaired) electrons. The molecule has 0 saturated heterocycles. The van der Waals surface area contributed by atoms with Gasteiger partial charge in [-0.25, -0.2) is 15.8 Å². The van der Waals surface area contributed by atoms with Crippen LogP contribution in [0.25, 0.3) is 10.2 Å². The van der Waals surface area contributed by atoms with Gasteiger partial charge in [-0.15, -0.1) is 23.1 Å². The fraction of sp³-hybridized carbons (Fsp3) is 0.455.